The molecule has 0 radical (unpaired) electrons. The van der Waals surface area contributed by atoms with E-state index in [1.165, 1.54) is 0 Å². The molecule has 1 aromatic heterocycles. The second-order valence-electron chi connectivity index (χ2n) is 6.54. The van der Waals surface area contributed by atoms with Gasteiger partial charge in [0, 0.05) is 51.8 Å². The number of hydrogen-bond acceptors (Lipinski definition) is 4. The van der Waals surface area contributed by atoms with Gasteiger partial charge in [-0.25, -0.2) is 0 Å². The Morgan fingerprint density at radius 1 is 1.46 bits per heavy atom. The van der Waals surface area contributed by atoms with E-state index in [9.17, 15) is 0 Å². The summed E-state index contributed by atoms with van der Waals surface area (Å²) < 4.78 is 13.2. The highest BCUT2D eigenvalue weighted by molar-refractivity contribution is 14.0. The summed E-state index contributed by atoms with van der Waals surface area (Å²) in [6, 6.07) is 1.95. The van der Waals surface area contributed by atoms with Crippen LogP contribution in [0.5, 0.6) is 0 Å². The summed E-state index contributed by atoms with van der Waals surface area (Å²) in [4.78, 5) is 4.67. The van der Waals surface area contributed by atoms with Crippen molar-refractivity contribution in [3.05, 3.63) is 18.5 Å². The highest BCUT2D eigenvalue weighted by atomic mass is 127. The fourth-order valence-electron chi connectivity index (χ4n) is 2.75. The van der Waals surface area contributed by atoms with Crippen molar-refractivity contribution in [2.45, 2.75) is 45.8 Å². The van der Waals surface area contributed by atoms with Crippen molar-refractivity contribution in [3.63, 3.8) is 0 Å². The van der Waals surface area contributed by atoms with E-state index in [-0.39, 0.29) is 24.0 Å². The first kappa shape index (κ1) is 23.2. The van der Waals surface area contributed by atoms with Crippen LogP contribution in [0.2, 0.25) is 0 Å². The molecule has 1 fully saturated rings. The fourth-order valence-corrected chi connectivity index (χ4v) is 2.75. The van der Waals surface area contributed by atoms with Crippen molar-refractivity contribution in [1.82, 2.24) is 20.4 Å². The van der Waals surface area contributed by atoms with Crippen LogP contribution >= 0.6 is 24.0 Å². The van der Waals surface area contributed by atoms with Crippen molar-refractivity contribution >= 4 is 29.9 Å². The van der Waals surface area contributed by atoms with Crippen LogP contribution in [0.25, 0.3) is 0 Å². The minimum Gasteiger partial charge on any atom is -0.379 e. The summed E-state index contributed by atoms with van der Waals surface area (Å²) in [7, 11) is 0. The fraction of sp³-hybridized carbons (Fsp3) is 0.778. The lowest BCUT2D eigenvalue weighted by molar-refractivity contribution is 0.0168. The van der Waals surface area contributed by atoms with Gasteiger partial charge in [-0.15, -0.1) is 24.0 Å². The molecule has 0 spiro atoms. The van der Waals surface area contributed by atoms with Crippen LogP contribution in [-0.4, -0.2) is 61.3 Å². The van der Waals surface area contributed by atoms with Gasteiger partial charge >= 0.3 is 0 Å². The molecule has 2 unspecified atom stereocenters. The van der Waals surface area contributed by atoms with Crippen molar-refractivity contribution in [2.75, 3.05) is 39.5 Å². The molecule has 1 saturated heterocycles. The first-order chi connectivity index (χ1) is 12.3. The molecule has 2 rings (SSSR count). The lowest BCUT2D eigenvalue weighted by Crippen LogP contribution is -2.38. The Labute approximate surface area is 174 Å². The number of nitrogens with zero attached hydrogens (tertiary/aromatic N) is 3. The summed E-state index contributed by atoms with van der Waals surface area (Å²) in [6.45, 7) is 9.98. The topological polar surface area (TPSA) is 72.7 Å². The molecular formula is C18H34IN5O2. The molecule has 1 aliphatic heterocycles. The summed E-state index contributed by atoms with van der Waals surface area (Å²) in [5.41, 5.74) is 0. The van der Waals surface area contributed by atoms with Crippen LogP contribution in [0.3, 0.4) is 0 Å². The van der Waals surface area contributed by atoms with E-state index in [0.29, 0.717) is 12.0 Å². The van der Waals surface area contributed by atoms with Gasteiger partial charge in [-0.05, 0) is 38.2 Å². The molecule has 0 aliphatic carbocycles. The average Bonchev–Trinajstić information content (AvgIpc) is 3.29. The lowest BCUT2D eigenvalue weighted by Gasteiger charge is -2.14. The summed E-state index contributed by atoms with van der Waals surface area (Å²) >= 11 is 0. The van der Waals surface area contributed by atoms with Crippen LogP contribution < -0.4 is 10.6 Å². The molecule has 2 heterocycles. The number of rotatable bonds is 11. The molecule has 150 valence electrons. The Kier molecular flexibility index (Phi) is 12.7. The molecular weight excluding hydrogens is 445 g/mol. The van der Waals surface area contributed by atoms with Crippen LogP contribution in [0, 0.1) is 5.92 Å². The number of aromatic nitrogens is 2. The normalized spacial score (nSPS) is 18.4. The zero-order chi connectivity index (χ0) is 17.7. The van der Waals surface area contributed by atoms with E-state index < -0.39 is 0 Å². The van der Waals surface area contributed by atoms with Crippen LogP contribution in [-0.2, 0) is 16.0 Å². The Morgan fingerprint density at radius 3 is 3.04 bits per heavy atom. The SMILES string of the molecule is CCNC(=NCC(C)Cn1cccn1)NCCCOCC1CCCO1.I. The number of guanidine groups is 1. The first-order valence-electron chi connectivity index (χ1n) is 9.47. The predicted molar refractivity (Wildman–Crippen MR) is 115 cm³/mol. The largest absolute Gasteiger partial charge is 0.379 e. The van der Waals surface area contributed by atoms with Gasteiger partial charge in [-0.3, -0.25) is 9.67 Å². The molecule has 0 saturated carbocycles. The number of aliphatic imine (C=N–C) groups is 1. The Bertz CT molecular complexity index is 478. The molecule has 7 nitrogen and oxygen atoms in total. The molecule has 0 aromatic carbocycles. The van der Waals surface area contributed by atoms with Gasteiger partial charge < -0.3 is 20.1 Å². The number of ether oxygens (including phenoxy) is 2. The predicted octanol–water partition coefficient (Wildman–Crippen LogP) is 2.28. The standard InChI is InChI=1S/C18H33N5O2.HI/c1-3-19-18(21-13-16(2)14-23-10-5-9-22-23)20-8-6-11-24-15-17-7-4-12-25-17;/h5,9-10,16-17H,3-4,6-8,11-15H2,1-2H3,(H2,19,20,21);1H. The zero-order valence-corrected chi connectivity index (χ0v) is 18.4. The van der Waals surface area contributed by atoms with Crippen molar-refractivity contribution in [2.24, 2.45) is 10.9 Å². The first-order valence-corrected chi connectivity index (χ1v) is 9.47. The van der Waals surface area contributed by atoms with Gasteiger partial charge in [0.25, 0.3) is 0 Å². The summed E-state index contributed by atoms with van der Waals surface area (Å²) in [5.74, 6) is 1.30. The highest BCUT2D eigenvalue weighted by Crippen LogP contribution is 2.11. The Morgan fingerprint density at radius 2 is 2.35 bits per heavy atom. The van der Waals surface area contributed by atoms with Crippen molar-refractivity contribution in [1.29, 1.82) is 0 Å². The maximum Gasteiger partial charge on any atom is 0.191 e. The van der Waals surface area contributed by atoms with Crippen molar-refractivity contribution < 1.29 is 9.47 Å². The van der Waals surface area contributed by atoms with Gasteiger partial charge in [0.2, 0.25) is 0 Å². The second-order valence-corrected chi connectivity index (χ2v) is 6.54. The van der Waals surface area contributed by atoms with Gasteiger partial charge in [-0.2, -0.15) is 5.10 Å². The van der Waals surface area contributed by atoms with E-state index in [2.05, 4.69) is 34.6 Å². The minimum absolute atomic E-state index is 0. The molecule has 0 bridgehead atoms. The average molecular weight is 479 g/mol. The monoisotopic (exact) mass is 479 g/mol. The van der Waals surface area contributed by atoms with Crippen LogP contribution in [0.4, 0.5) is 0 Å². The van der Waals surface area contributed by atoms with E-state index in [0.717, 1.165) is 71.2 Å². The molecule has 26 heavy (non-hydrogen) atoms. The molecule has 1 aliphatic rings. The third kappa shape index (κ3) is 9.72. The third-order valence-electron chi connectivity index (χ3n) is 4.05. The quantitative estimate of drug-likeness (QED) is 0.221. The van der Waals surface area contributed by atoms with E-state index in [4.69, 9.17) is 9.47 Å². The number of nitrogens with one attached hydrogen (secondary N) is 2. The smallest absolute Gasteiger partial charge is 0.191 e. The molecule has 8 heteroatoms. The maximum absolute atomic E-state index is 5.68. The van der Waals surface area contributed by atoms with Crippen LogP contribution in [0.15, 0.2) is 23.5 Å². The van der Waals surface area contributed by atoms with Crippen LogP contribution in [0.1, 0.15) is 33.1 Å². The summed E-state index contributed by atoms with van der Waals surface area (Å²) in [6.07, 6.45) is 7.36. The Hall–Kier alpha value is -0.870. The molecule has 1 aromatic rings. The van der Waals surface area contributed by atoms with Gasteiger partial charge in [-0.1, -0.05) is 6.92 Å². The van der Waals surface area contributed by atoms with Gasteiger partial charge in [0.1, 0.15) is 0 Å². The zero-order valence-electron chi connectivity index (χ0n) is 16.0. The molecule has 0 amide bonds. The lowest BCUT2D eigenvalue weighted by atomic mass is 10.2. The number of hydrogen-bond donors (Lipinski definition) is 2. The summed E-state index contributed by atoms with van der Waals surface area (Å²) in [5, 5.41) is 10.9. The Balaban J connectivity index is 0.00000338. The number of halogens is 1. The molecule has 2 atom stereocenters. The third-order valence-corrected chi connectivity index (χ3v) is 4.05. The highest BCUT2D eigenvalue weighted by Gasteiger charge is 2.14. The maximum atomic E-state index is 5.68. The van der Waals surface area contributed by atoms with E-state index >= 15 is 0 Å². The van der Waals surface area contributed by atoms with E-state index in [1.807, 2.05) is 23.1 Å². The van der Waals surface area contributed by atoms with E-state index in [1.54, 1.807) is 0 Å². The van der Waals surface area contributed by atoms with Gasteiger partial charge in [0.15, 0.2) is 5.96 Å². The molecule has 2 N–H and O–H groups in total. The minimum atomic E-state index is 0. The second kappa shape index (κ2) is 14.2. The van der Waals surface area contributed by atoms with Crippen molar-refractivity contribution in [3.8, 4) is 0 Å². The van der Waals surface area contributed by atoms with Gasteiger partial charge in [0.05, 0.1) is 12.7 Å².